The van der Waals surface area contributed by atoms with E-state index in [0.717, 1.165) is 4.47 Å². The van der Waals surface area contributed by atoms with E-state index in [1.165, 1.54) is 18.1 Å². The predicted molar refractivity (Wildman–Crippen MR) is 110 cm³/mol. The minimum atomic E-state index is -0.559. The molecular weight excluding hydrogens is 432 g/mol. The highest BCUT2D eigenvalue weighted by Gasteiger charge is 2.34. The summed E-state index contributed by atoms with van der Waals surface area (Å²) in [4.78, 5) is 26.7. The van der Waals surface area contributed by atoms with Crippen LogP contribution in [0.15, 0.2) is 52.5 Å². The van der Waals surface area contributed by atoms with Gasteiger partial charge < -0.3 is 9.47 Å². The van der Waals surface area contributed by atoms with Crippen molar-refractivity contribution in [1.29, 1.82) is 0 Å². The van der Waals surface area contributed by atoms with E-state index in [4.69, 9.17) is 21.7 Å². The van der Waals surface area contributed by atoms with Crippen LogP contribution in [0.5, 0.6) is 11.5 Å². The standard InChI is InChI=1S/C19H15BrN2O4S/c1-25-14-8-3-11(16(10-14)26-2)9-15-17(23)21-19(27)22(18(15)24)13-6-4-12(20)5-7-13/h3-10H,1-2H3,(H,21,23,27)/b15-9+. The van der Waals surface area contributed by atoms with Crippen molar-refractivity contribution in [3.8, 4) is 11.5 Å². The first kappa shape index (κ1) is 19.1. The van der Waals surface area contributed by atoms with Gasteiger partial charge in [-0.3, -0.25) is 19.8 Å². The van der Waals surface area contributed by atoms with E-state index in [2.05, 4.69) is 21.2 Å². The summed E-state index contributed by atoms with van der Waals surface area (Å²) in [6, 6.07) is 12.2. The molecule has 1 aliphatic rings. The number of anilines is 1. The third-order valence-electron chi connectivity index (χ3n) is 3.93. The lowest BCUT2D eigenvalue weighted by Crippen LogP contribution is -2.54. The van der Waals surface area contributed by atoms with Crippen LogP contribution < -0.4 is 19.7 Å². The summed E-state index contributed by atoms with van der Waals surface area (Å²) < 4.78 is 11.4. The lowest BCUT2D eigenvalue weighted by molar-refractivity contribution is -0.122. The van der Waals surface area contributed by atoms with E-state index >= 15 is 0 Å². The molecule has 6 nitrogen and oxygen atoms in total. The molecule has 2 amide bonds. The second-order valence-electron chi connectivity index (χ2n) is 5.54. The fourth-order valence-corrected chi connectivity index (χ4v) is 3.12. The molecule has 0 unspecified atom stereocenters. The summed E-state index contributed by atoms with van der Waals surface area (Å²) in [7, 11) is 3.05. The van der Waals surface area contributed by atoms with Gasteiger partial charge in [0.25, 0.3) is 11.8 Å². The lowest BCUT2D eigenvalue weighted by Gasteiger charge is -2.29. The van der Waals surface area contributed by atoms with E-state index in [-0.39, 0.29) is 10.7 Å². The minimum Gasteiger partial charge on any atom is -0.497 e. The van der Waals surface area contributed by atoms with E-state index < -0.39 is 11.8 Å². The van der Waals surface area contributed by atoms with Crippen molar-refractivity contribution in [2.75, 3.05) is 19.1 Å². The second kappa shape index (κ2) is 7.89. The Balaban J connectivity index is 2.03. The van der Waals surface area contributed by atoms with Crippen molar-refractivity contribution in [1.82, 2.24) is 5.32 Å². The maximum atomic E-state index is 13.0. The molecule has 3 rings (SSSR count). The molecule has 0 aliphatic carbocycles. The van der Waals surface area contributed by atoms with Gasteiger partial charge in [-0.1, -0.05) is 15.9 Å². The van der Waals surface area contributed by atoms with Crippen LogP contribution in [0.2, 0.25) is 0 Å². The van der Waals surface area contributed by atoms with Gasteiger partial charge in [0.05, 0.1) is 19.9 Å². The van der Waals surface area contributed by atoms with Gasteiger partial charge in [0.2, 0.25) is 0 Å². The quantitative estimate of drug-likeness (QED) is 0.443. The van der Waals surface area contributed by atoms with Gasteiger partial charge in [0.1, 0.15) is 17.1 Å². The highest BCUT2D eigenvalue weighted by molar-refractivity contribution is 9.10. The number of carbonyl (C=O) groups excluding carboxylic acids is 2. The normalized spacial score (nSPS) is 15.7. The fourth-order valence-electron chi connectivity index (χ4n) is 2.58. The molecule has 27 heavy (non-hydrogen) atoms. The van der Waals surface area contributed by atoms with Gasteiger partial charge in [-0.25, -0.2) is 0 Å². The van der Waals surface area contributed by atoms with Crippen LogP contribution in [-0.4, -0.2) is 31.1 Å². The van der Waals surface area contributed by atoms with Crippen LogP contribution in [0.4, 0.5) is 5.69 Å². The SMILES string of the molecule is COc1ccc(/C=C2\C(=O)NC(=S)N(c3ccc(Br)cc3)C2=O)c(OC)c1. The zero-order chi connectivity index (χ0) is 19.6. The zero-order valence-electron chi connectivity index (χ0n) is 14.5. The van der Waals surface area contributed by atoms with Crippen molar-refractivity contribution >= 4 is 56.8 Å². The van der Waals surface area contributed by atoms with E-state index in [1.807, 2.05) is 0 Å². The summed E-state index contributed by atoms with van der Waals surface area (Å²) in [5, 5.41) is 2.59. The number of rotatable bonds is 4. The molecule has 0 saturated carbocycles. The highest BCUT2D eigenvalue weighted by Crippen LogP contribution is 2.29. The summed E-state index contributed by atoms with van der Waals surface area (Å²) in [6.45, 7) is 0. The largest absolute Gasteiger partial charge is 0.497 e. The highest BCUT2D eigenvalue weighted by atomic mass is 79.9. The molecule has 0 spiro atoms. The second-order valence-corrected chi connectivity index (χ2v) is 6.84. The number of nitrogens with zero attached hydrogens (tertiary/aromatic N) is 1. The van der Waals surface area contributed by atoms with Crippen LogP contribution >= 0.6 is 28.1 Å². The Bertz CT molecular complexity index is 957. The molecule has 1 heterocycles. The van der Waals surface area contributed by atoms with Crippen molar-refractivity contribution in [3.63, 3.8) is 0 Å². The van der Waals surface area contributed by atoms with Crippen LogP contribution in [-0.2, 0) is 9.59 Å². The van der Waals surface area contributed by atoms with Crippen LogP contribution in [0.25, 0.3) is 6.08 Å². The molecule has 0 radical (unpaired) electrons. The molecular formula is C19H15BrN2O4S. The number of halogens is 1. The Morgan fingerprint density at radius 1 is 1.07 bits per heavy atom. The number of amides is 2. The Morgan fingerprint density at radius 2 is 1.78 bits per heavy atom. The van der Waals surface area contributed by atoms with Gasteiger partial charge in [-0.05, 0) is 54.7 Å². The first-order valence-electron chi connectivity index (χ1n) is 7.83. The molecule has 0 bridgehead atoms. The number of nitrogens with one attached hydrogen (secondary N) is 1. The van der Waals surface area contributed by atoms with Crippen LogP contribution in [0.1, 0.15) is 5.56 Å². The smallest absolute Gasteiger partial charge is 0.270 e. The molecule has 1 fully saturated rings. The molecule has 2 aromatic carbocycles. The molecule has 138 valence electrons. The number of methoxy groups -OCH3 is 2. The van der Waals surface area contributed by atoms with Gasteiger partial charge in [0, 0.05) is 16.1 Å². The van der Waals surface area contributed by atoms with Crippen LogP contribution in [0.3, 0.4) is 0 Å². The van der Waals surface area contributed by atoms with Gasteiger partial charge in [0.15, 0.2) is 5.11 Å². The third kappa shape index (κ3) is 3.86. The molecule has 1 saturated heterocycles. The van der Waals surface area contributed by atoms with E-state index in [1.54, 1.807) is 49.6 Å². The maximum absolute atomic E-state index is 13.0. The Hall–Kier alpha value is -2.71. The van der Waals surface area contributed by atoms with Gasteiger partial charge in [-0.2, -0.15) is 0 Å². The Morgan fingerprint density at radius 3 is 2.41 bits per heavy atom. The first-order valence-corrected chi connectivity index (χ1v) is 9.03. The van der Waals surface area contributed by atoms with Gasteiger partial charge >= 0.3 is 0 Å². The number of hydrogen-bond acceptors (Lipinski definition) is 5. The number of benzene rings is 2. The van der Waals surface area contributed by atoms with Crippen molar-refractivity contribution in [2.45, 2.75) is 0 Å². The van der Waals surface area contributed by atoms with Crippen molar-refractivity contribution in [3.05, 3.63) is 58.1 Å². The lowest BCUT2D eigenvalue weighted by atomic mass is 10.1. The molecule has 8 heteroatoms. The van der Waals surface area contributed by atoms with E-state index in [0.29, 0.717) is 22.7 Å². The maximum Gasteiger partial charge on any atom is 0.270 e. The zero-order valence-corrected chi connectivity index (χ0v) is 16.9. The number of hydrogen-bond donors (Lipinski definition) is 1. The molecule has 0 aromatic heterocycles. The number of ether oxygens (including phenoxy) is 2. The van der Waals surface area contributed by atoms with Gasteiger partial charge in [-0.15, -0.1) is 0 Å². The number of thiocarbonyl (C=S) groups is 1. The third-order valence-corrected chi connectivity index (χ3v) is 4.74. The minimum absolute atomic E-state index is 0.0335. The fraction of sp³-hybridized carbons (Fsp3) is 0.105. The van der Waals surface area contributed by atoms with Crippen LogP contribution in [0, 0.1) is 0 Å². The summed E-state index contributed by atoms with van der Waals surface area (Å²) in [6.07, 6.45) is 1.48. The summed E-state index contributed by atoms with van der Waals surface area (Å²) in [5.74, 6) is 0.0112. The van der Waals surface area contributed by atoms with Crippen molar-refractivity contribution < 1.29 is 19.1 Å². The number of carbonyl (C=O) groups is 2. The predicted octanol–water partition coefficient (Wildman–Crippen LogP) is 3.30. The monoisotopic (exact) mass is 446 g/mol. The Labute approximate surface area is 169 Å². The Kier molecular flexibility index (Phi) is 5.57. The average Bonchev–Trinajstić information content (AvgIpc) is 2.66. The first-order chi connectivity index (χ1) is 12.9. The topological polar surface area (TPSA) is 67.9 Å². The van der Waals surface area contributed by atoms with E-state index in [9.17, 15) is 9.59 Å². The average molecular weight is 447 g/mol. The molecule has 2 aromatic rings. The summed E-state index contributed by atoms with van der Waals surface area (Å²) in [5.41, 5.74) is 1.08. The van der Waals surface area contributed by atoms with Crippen molar-refractivity contribution in [2.24, 2.45) is 0 Å². The molecule has 0 atom stereocenters. The molecule has 1 N–H and O–H groups in total. The molecule has 1 aliphatic heterocycles. The summed E-state index contributed by atoms with van der Waals surface area (Å²) >= 11 is 8.54.